The van der Waals surface area contributed by atoms with Crippen LogP contribution < -0.4 is 5.32 Å². The topological polar surface area (TPSA) is 50.2 Å². The van der Waals surface area contributed by atoms with Crippen LogP contribution in [0.3, 0.4) is 0 Å². The molecule has 1 heterocycles. The molecule has 2 rings (SSSR count). The van der Waals surface area contributed by atoms with Crippen LogP contribution in [-0.4, -0.2) is 34.2 Å². The normalized spacial score (nSPS) is 10.9. The van der Waals surface area contributed by atoms with Crippen LogP contribution in [0.15, 0.2) is 36.7 Å². The molecule has 0 saturated heterocycles. The first-order chi connectivity index (χ1) is 10.5. The number of rotatable bonds is 7. The highest BCUT2D eigenvalue weighted by atomic mass is 35.5. The van der Waals surface area contributed by atoms with E-state index in [0.717, 1.165) is 17.7 Å². The highest BCUT2D eigenvalue weighted by molar-refractivity contribution is 6.31. The second-order valence-corrected chi connectivity index (χ2v) is 5.79. The number of amides is 1. The number of hydrogen-bond acceptors (Lipinski definition) is 3. The third-order valence-corrected chi connectivity index (χ3v) is 3.73. The lowest BCUT2D eigenvalue weighted by molar-refractivity contribution is -0.121. The fourth-order valence-corrected chi connectivity index (χ4v) is 2.36. The van der Waals surface area contributed by atoms with Crippen molar-refractivity contribution in [1.82, 2.24) is 20.0 Å². The highest BCUT2D eigenvalue weighted by Gasteiger charge is 2.07. The molecule has 118 valence electrons. The second-order valence-electron chi connectivity index (χ2n) is 5.38. The summed E-state index contributed by atoms with van der Waals surface area (Å²) in [6.45, 7) is 1.94. The Labute approximate surface area is 135 Å². The summed E-state index contributed by atoms with van der Waals surface area (Å²) in [5.41, 5.74) is 2.07. The van der Waals surface area contributed by atoms with E-state index in [1.165, 1.54) is 0 Å². The van der Waals surface area contributed by atoms with Gasteiger partial charge in [-0.25, -0.2) is 0 Å². The van der Waals surface area contributed by atoms with Crippen molar-refractivity contribution in [2.75, 3.05) is 13.6 Å². The van der Waals surface area contributed by atoms with Gasteiger partial charge in [0, 0.05) is 49.9 Å². The van der Waals surface area contributed by atoms with Gasteiger partial charge in [0.1, 0.15) is 0 Å². The molecule has 0 unspecified atom stereocenters. The molecule has 1 amide bonds. The third-order valence-electron chi connectivity index (χ3n) is 3.37. The van der Waals surface area contributed by atoms with E-state index < -0.39 is 0 Å². The predicted molar refractivity (Wildman–Crippen MR) is 87.5 cm³/mol. The Balaban J connectivity index is 1.70. The Morgan fingerprint density at radius 2 is 2.18 bits per heavy atom. The van der Waals surface area contributed by atoms with Crippen LogP contribution >= 0.6 is 11.6 Å². The smallest absolute Gasteiger partial charge is 0.221 e. The number of aromatic nitrogens is 2. The number of carbonyl (C=O) groups excluding carboxylic acids is 1. The molecule has 0 spiro atoms. The molecule has 0 aliphatic carbocycles. The quantitative estimate of drug-likeness (QED) is 0.851. The number of nitrogens with one attached hydrogen (secondary N) is 1. The van der Waals surface area contributed by atoms with Crippen molar-refractivity contribution in [2.45, 2.75) is 19.5 Å². The number of benzene rings is 1. The van der Waals surface area contributed by atoms with Crippen molar-refractivity contribution in [3.05, 3.63) is 52.8 Å². The summed E-state index contributed by atoms with van der Waals surface area (Å²) in [4.78, 5) is 14.0. The summed E-state index contributed by atoms with van der Waals surface area (Å²) in [7, 11) is 3.89. The molecule has 0 aliphatic heterocycles. The first-order valence-electron chi connectivity index (χ1n) is 7.21. The molecule has 0 fully saturated rings. The average Bonchev–Trinajstić information content (AvgIpc) is 2.89. The molecular weight excluding hydrogens is 300 g/mol. The maximum Gasteiger partial charge on any atom is 0.221 e. The molecule has 22 heavy (non-hydrogen) atoms. The minimum Gasteiger partial charge on any atom is -0.352 e. The molecule has 6 heteroatoms. The molecule has 0 saturated carbocycles. The van der Waals surface area contributed by atoms with E-state index in [0.29, 0.717) is 24.5 Å². The van der Waals surface area contributed by atoms with E-state index in [4.69, 9.17) is 11.6 Å². The van der Waals surface area contributed by atoms with Gasteiger partial charge in [-0.1, -0.05) is 29.8 Å². The third kappa shape index (κ3) is 5.16. The van der Waals surface area contributed by atoms with Crippen molar-refractivity contribution < 1.29 is 4.79 Å². The van der Waals surface area contributed by atoms with Crippen LogP contribution in [0.2, 0.25) is 5.02 Å². The van der Waals surface area contributed by atoms with Crippen molar-refractivity contribution in [3.63, 3.8) is 0 Å². The van der Waals surface area contributed by atoms with Crippen LogP contribution in [0.4, 0.5) is 0 Å². The van der Waals surface area contributed by atoms with E-state index in [2.05, 4.69) is 15.3 Å². The minimum atomic E-state index is 0.0259. The van der Waals surface area contributed by atoms with E-state index in [1.807, 2.05) is 50.8 Å². The fraction of sp³-hybridized carbons (Fsp3) is 0.375. The van der Waals surface area contributed by atoms with E-state index in [-0.39, 0.29) is 5.91 Å². The molecule has 0 aliphatic rings. The zero-order chi connectivity index (χ0) is 15.9. The van der Waals surface area contributed by atoms with Crippen molar-refractivity contribution in [2.24, 2.45) is 7.05 Å². The van der Waals surface area contributed by atoms with Gasteiger partial charge in [-0.15, -0.1) is 0 Å². The van der Waals surface area contributed by atoms with Crippen molar-refractivity contribution in [3.8, 4) is 0 Å². The van der Waals surface area contributed by atoms with Crippen LogP contribution in [0.1, 0.15) is 17.5 Å². The van der Waals surface area contributed by atoms with Gasteiger partial charge in [0.05, 0.1) is 6.20 Å². The number of halogens is 1. The Morgan fingerprint density at radius 3 is 2.86 bits per heavy atom. The maximum absolute atomic E-state index is 11.9. The van der Waals surface area contributed by atoms with Gasteiger partial charge < -0.3 is 10.2 Å². The fourth-order valence-electron chi connectivity index (χ4n) is 2.16. The number of hydrogen-bond donors (Lipinski definition) is 1. The van der Waals surface area contributed by atoms with Gasteiger partial charge in [-0.2, -0.15) is 5.10 Å². The molecule has 0 radical (unpaired) electrons. The van der Waals surface area contributed by atoms with Crippen LogP contribution in [0, 0.1) is 0 Å². The van der Waals surface area contributed by atoms with Crippen LogP contribution in [-0.2, 0) is 24.9 Å². The Bertz CT molecular complexity index is 626. The highest BCUT2D eigenvalue weighted by Crippen LogP contribution is 2.14. The predicted octanol–water partition coefficient (Wildman–Crippen LogP) is 2.21. The molecule has 0 bridgehead atoms. The maximum atomic E-state index is 11.9. The van der Waals surface area contributed by atoms with Crippen molar-refractivity contribution >= 4 is 17.5 Å². The van der Waals surface area contributed by atoms with Crippen LogP contribution in [0.25, 0.3) is 0 Å². The number of nitrogens with zero attached hydrogens (tertiary/aromatic N) is 3. The van der Waals surface area contributed by atoms with Gasteiger partial charge in [0.2, 0.25) is 5.91 Å². The summed E-state index contributed by atoms with van der Waals surface area (Å²) in [6, 6.07) is 7.53. The standard InChI is InChI=1S/C16H21ClN4O/c1-20(11-13-9-19-21(2)12-13)8-7-16(22)18-10-14-5-3-4-6-15(14)17/h3-6,9,12H,7-8,10-11H2,1-2H3,(H,18,22). The number of aryl methyl sites for hydroxylation is 1. The lowest BCUT2D eigenvalue weighted by Crippen LogP contribution is -2.28. The van der Waals surface area contributed by atoms with Crippen molar-refractivity contribution in [1.29, 1.82) is 0 Å². The molecule has 0 atom stereocenters. The zero-order valence-electron chi connectivity index (χ0n) is 12.9. The largest absolute Gasteiger partial charge is 0.352 e. The molecule has 1 N–H and O–H groups in total. The van der Waals surface area contributed by atoms with Gasteiger partial charge >= 0.3 is 0 Å². The summed E-state index contributed by atoms with van der Waals surface area (Å²) in [5.74, 6) is 0.0259. The summed E-state index contributed by atoms with van der Waals surface area (Å²) in [5, 5.41) is 7.71. The van der Waals surface area contributed by atoms with E-state index in [1.54, 1.807) is 4.68 Å². The molecular formula is C16H21ClN4O. The van der Waals surface area contributed by atoms with Crippen LogP contribution in [0.5, 0.6) is 0 Å². The van der Waals surface area contributed by atoms with E-state index >= 15 is 0 Å². The summed E-state index contributed by atoms with van der Waals surface area (Å²) >= 11 is 6.06. The SMILES string of the molecule is CN(CCC(=O)NCc1ccccc1Cl)Cc1cnn(C)c1. The summed E-state index contributed by atoms with van der Waals surface area (Å²) < 4.78 is 1.78. The monoisotopic (exact) mass is 320 g/mol. The second kappa shape index (κ2) is 7.96. The Hall–Kier alpha value is -1.85. The number of carbonyl (C=O) groups is 1. The first kappa shape index (κ1) is 16.5. The molecule has 5 nitrogen and oxygen atoms in total. The van der Waals surface area contributed by atoms with Gasteiger partial charge in [-0.05, 0) is 18.7 Å². The molecule has 1 aromatic carbocycles. The van der Waals surface area contributed by atoms with Gasteiger partial charge in [0.15, 0.2) is 0 Å². The molecule has 2 aromatic rings. The summed E-state index contributed by atoms with van der Waals surface area (Å²) in [6.07, 6.45) is 4.28. The van der Waals surface area contributed by atoms with E-state index in [9.17, 15) is 4.79 Å². The minimum absolute atomic E-state index is 0.0259. The first-order valence-corrected chi connectivity index (χ1v) is 7.58. The Kier molecular flexibility index (Phi) is 5.98. The average molecular weight is 321 g/mol. The Morgan fingerprint density at radius 1 is 1.41 bits per heavy atom. The van der Waals surface area contributed by atoms with Gasteiger partial charge in [-0.3, -0.25) is 9.48 Å². The lowest BCUT2D eigenvalue weighted by Gasteiger charge is -2.15. The van der Waals surface area contributed by atoms with Gasteiger partial charge in [0.25, 0.3) is 0 Å². The lowest BCUT2D eigenvalue weighted by atomic mass is 10.2. The molecule has 1 aromatic heterocycles. The zero-order valence-corrected chi connectivity index (χ0v) is 13.7.